The highest BCUT2D eigenvalue weighted by molar-refractivity contribution is 7.85. The minimum atomic E-state index is -1.53. The van der Waals surface area contributed by atoms with Crippen molar-refractivity contribution in [2.75, 3.05) is 18.0 Å². The number of hydrogen-bond donors (Lipinski definition) is 0. The van der Waals surface area contributed by atoms with E-state index in [1.165, 1.54) is 0 Å². The molecule has 1 fully saturated rings. The molecule has 2 heterocycles. The van der Waals surface area contributed by atoms with E-state index < -0.39 is 10.8 Å². The maximum Gasteiger partial charge on any atom is 0.259 e. The molecule has 6 heteroatoms. The number of benzene rings is 3. The molecular formula is C27H26N2O3S. The molecule has 1 atom stereocenters. The van der Waals surface area contributed by atoms with Gasteiger partial charge in [-0.05, 0) is 67.6 Å². The topological polar surface area (TPSA) is 57.7 Å². The van der Waals surface area contributed by atoms with Crippen LogP contribution in [0.15, 0.2) is 76.5 Å². The molecule has 1 saturated heterocycles. The van der Waals surface area contributed by atoms with Gasteiger partial charge in [0, 0.05) is 18.7 Å². The smallest absolute Gasteiger partial charge is 0.259 e. The molecule has 3 aromatic carbocycles. The summed E-state index contributed by atoms with van der Waals surface area (Å²) in [5.41, 5.74) is 3.59. The molecule has 33 heavy (non-hydrogen) atoms. The lowest BCUT2D eigenvalue weighted by Gasteiger charge is -2.28. The van der Waals surface area contributed by atoms with Crippen LogP contribution in [0.2, 0.25) is 0 Å². The summed E-state index contributed by atoms with van der Waals surface area (Å²) < 4.78 is 13.6. The normalized spacial score (nSPS) is 17.8. The van der Waals surface area contributed by atoms with Crippen LogP contribution < -0.4 is 4.90 Å². The lowest BCUT2D eigenvalue weighted by molar-refractivity contribution is 0.0724. The van der Waals surface area contributed by atoms with E-state index in [0.717, 1.165) is 43.5 Å². The highest BCUT2D eigenvalue weighted by Crippen LogP contribution is 2.36. The quantitative estimate of drug-likeness (QED) is 0.558. The number of likely N-dealkylation sites (tertiary alicyclic amines) is 1. The Kier molecular flexibility index (Phi) is 5.85. The maximum atomic E-state index is 13.7. The molecule has 2 aliphatic heterocycles. The first kappa shape index (κ1) is 21.6. The summed E-state index contributed by atoms with van der Waals surface area (Å²) >= 11 is 0. The van der Waals surface area contributed by atoms with E-state index in [1.54, 1.807) is 47.4 Å². The Morgan fingerprint density at radius 2 is 1.64 bits per heavy atom. The zero-order valence-corrected chi connectivity index (χ0v) is 19.4. The molecule has 168 valence electrons. The van der Waals surface area contributed by atoms with Crippen molar-refractivity contribution in [1.29, 1.82) is 0 Å². The molecule has 2 aliphatic rings. The Labute approximate surface area is 196 Å². The molecule has 0 bridgehead atoms. The SMILES string of the molecule is Cc1ccccc1CN1C(=O)c2ccccc2S(=O)c2ccc(C(=O)N3CCCCC3)cc21. The monoisotopic (exact) mass is 458 g/mol. The van der Waals surface area contributed by atoms with Gasteiger partial charge in [-0.1, -0.05) is 36.4 Å². The second-order valence-corrected chi connectivity index (χ2v) is 10.0. The molecule has 5 rings (SSSR count). The molecule has 0 radical (unpaired) electrons. The van der Waals surface area contributed by atoms with E-state index in [1.807, 2.05) is 36.1 Å². The van der Waals surface area contributed by atoms with Crippen molar-refractivity contribution in [1.82, 2.24) is 4.90 Å². The average Bonchev–Trinajstić information content (AvgIpc) is 2.94. The predicted octanol–water partition coefficient (Wildman–Crippen LogP) is 4.95. The van der Waals surface area contributed by atoms with Gasteiger partial charge in [0.15, 0.2) is 0 Å². The second-order valence-electron chi connectivity index (χ2n) is 8.62. The number of hydrogen-bond acceptors (Lipinski definition) is 3. The second kappa shape index (κ2) is 8.94. The van der Waals surface area contributed by atoms with Crippen LogP contribution >= 0.6 is 0 Å². The number of nitrogens with zero attached hydrogens (tertiary/aromatic N) is 2. The minimum Gasteiger partial charge on any atom is -0.339 e. The van der Waals surface area contributed by atoms with Gasteiger partial charge in [0.2, 0.25) is 0 Å². The van der Waals surface area contributed by atoms with Crippen molar-refractivity contribution < 1.29 is 13.8 Å². The number of carbonyl (C=O) groups excluding carboxylic acids is 2. The molecule has 0 saturated carbocycles. The molecule has 0 spiro atoms. The summed E-state index contributed by atoms with van der Waals surface area (Å²) in [7, 11) is -1.53. The molecular weight excluding hydrogens is 432 g/mol. The van der Waals surface area contributed by atoms with Crippen LogP contribution in [-0.4, -0.2) is 34.0 Å². The summed E-state index contributed by atoms with van der Waals surface area (Å²) in [6, 6.07) is 20.3. The molecule has 0 N–H and O–H groups in total. The third kappa shape index (κ3) is 4.00. The maximum absolute atomic E-state index is 13.7. The number of rotatable bonds is 3. The number of piperidine rings is 1. The van der Waals surface area contributed by atoms with Crippen molar-refractivity contribution in [3.05, 3.63) is 89.0 Å². The molecule has 3 aromatic rings. The van der Waals surface area contributed by atoms with Crippen LogP contribution in [0.4, 0.5) is 5.69 Å². The van der Waals surface area contributed by atoms with Crippen molar-refractivity contribution in [2.24, 2.45) is 0 Å². The fourth-order valence-corrected chi connectivity index (χ4v) is 5.94. The zero-order valence-electron chi connectivity index (χ0n) is 18.6. The van der Waals surface area contributed by atoms with E-state index in [4.69, 9.17) is 0 Å². The molecule has 0 aromatic heterocycles. The fraction of sp³-hybridized carbons (Fsp3) is 0.259. The molecule has 1 unspecified atom stereocenters. The van der Waals surface area contributed by atoms with E-state index in [-0.39, 0.29) is 11.8 Å². The van der Waals surface area contributed by atoms with Gasteiger partial charge in [-0.3, -0.25) is 9.59 Å². The molecule has 0 aliphatic carbocycles. The van der Waals surface area contributed by atoms with Crippen LogP contribution in [0, 0.1) is 6.92 Å². The largest absolute Gasteiger partial charge is 0.339 e. The third-order valence-corrected chi connectivity index (χ3v) is 7.99. The average molecular weight is 459 g/mol. The van der Waals surface area contributed by atoms with Crippen LogP contribution in [-0.2, 0) is 17.3 Å². The van der Waals surface area contributed by atoms with Crippen molar-refractivity contribution in [3.8, 4) is 0 Å². The lowest BCUT2D eigenvalue weighted by Crippen LogP contribution is -2.36. The first-order chi connectivity index (χ1) is 16.0. The van der Waals surface area contributed by atoms with Crippen molar-refractivity contribution in [3.63, 3.8) is 0 Å². The number of anilines is 1. The lowest BCUT2D eigenvalue weighted by atomic mass is 10.1. The Hall–Kier alpha value is -3.25. The van der Waals surface area contributed by atoms with Crippen molar-refractivity contribution in [2.45, 2.75) is 42.5 Å². The molecule has 2 amide bonds. The highest BCUT2D eigenvalue weighted by Gasteiger charge is 2.32. The summed E-state index contributed by atoms with van der Waals surface area (Å²) in [5, 5.41) is 0. The summed E-state index contributed by atoms with van der Waals surface area (Å²) in [4.78, 5) is 31.6. The van der Waals surface area contributed by atoms with Gasteiger partial charge in [0.1, 0.15) is 0 Å². The number of amides is 2. The Morgan fingerprint density at radius 1 is 0.909 bits per heavy atom. The van der Waals surface area contributed by atoms with Gasteiger partial charge in [0.05, 0.1) is 38.4 Å². The Bertz CT molecular complexity index is 1260. The Balaban J connectivity index is 1.63. The number of carbonyl (C=O) groups is 2. The van der Waals surface area contributed by atoms with Crippen LogP contribution in [0.1, 0.15) is 51.1 Å². The van der Waals surface area contributed by atoms with Gasteiger partial charge >= 0.3 is 0 Å². The fourth-order valence-electron chi connectivity index (χ4n) is 4.59. The van der Waals surface area contributed by atoms with Gasteiger partial charge in [-0.25, -0.2) is 4.21 Å². The van der Waals surface area contributed by atoms with E-state index in [2.05, 4.69) is 0 Å². The first-order valence-corrected chi connectivity index (χ1v) is 12.5. The van der Waals surface area contributed by atoms with Gasteiger partial charge < -0.3 is 9.80 Å². The zero-order chi connectivity index (χ0) is 22.9. The highest BCUT2D eigenvalue weighted by atomic mass is 32.2. The van der Waals surface area contributed by atoms with E-state index in [9.17, 15) is 13.8 Å². The van der Waals surface area contributed by atoms with Crippen LogP contribution in [0.25, 0.3) is 0 Å². The third-order valence-electron chi connectivity index (χ3n) is 6.49. The first-order valence-electron chi connectivity index (χ1n) is 11.3. The number of aryl methyl sites for hydroxylation is 1. The summed E-state index contributed by atoms with van der Waals surface area (Å²) in [6.07, 6.45) is 3.16. The van der Waals surface area contributed by atoms with E-state index in [0.29, 0.717) is 33.2 Å². The van der Waals surface area contributed by atoms with Gasteiger partial charge in [-0.15, -0.1) is 0 Å². The summed E-state index contributed by atoms with van der Waals surface area (Å²) in [5.74, 6) is -0.239. The molecule has 5 nitrogen and oxygen atoms in total. The van der Waals surface area contributed by atoms with Gasteiger partial charge in [-0.2, -0.15) is 0 Å². The van der Waals surface area contributed by atoms with Crippen LogP contribution in [0.3, 0.4) is 0 Å². The predicted molar refractivity (Wildman–Crippen MR) is 129 cm³/mol. The summed E-state index contributed by atoms with van der Waals surface area (Å²) in [6.45, 7) is 3.85. The van der Waals surface area contributed by atoms with Crippen molar-refractivity contribution >= 4 is 28.3 Å². The Morgan fingerprint density at radius 3 is 2.42 bits per heavy atom. The number of fused-ring (bicyclic) bond motifs is 2. The van der Waals surface area contributed by atoms with E-state index >= 15 is 0 Å². The minimum absolute atomic E-state index is 0.0339. The van der Waals surface area contributed by atoms with Gasteiger partial charge in [0.25, 0.3) is 11.8 Å². The van der Waals surface area contributed by atoms with Crippen LogP contribution in [0.5, 0.6) is 0 Å². The standard InChI is InChI=1S/C27H26N2O3S/c1-19-9-3-4-10-21(19)18-29-23-17-20(26(30)28-15-7-2-8-16-28)13-14-25(23)33(32)24-12-6-5-11-22(24)27(29)31/h3-6,9-14,17H,2,7-8,15-16,18H2,1H3.